The van der Waals surface area contributed by atoms with Crippen molar-refractivity contribution in [1.29, 1.82) is 0 Å². The molecule has 0 radical (unpaired) electrons. The van der Waals surface area contributed by atoms with Gasteiger partial charge in [-0.15, -0.1) is 0 Å². The molecule has 0 aromatic carbocycles. The van der Waals surface area contributed by atoms with E-state index in [9.17, 15) is 4.79 Å². The quantitative estimate of drug-likeness (QED) is 0.660. The fraction of sp³-hybridized carbons (Fsp3) is 0.500. The molecule has 1 aromatic rings. The highest BCUT2D eigenvalue weighted by Crippen LogP contribution is 2.20. The van der Waals surface area contributed by atoms with Gasteiger partial charge < -0.3 is 10.1 Å². The van der Waals surface area contributed by atoms with Crippen LogP contribution in [0.3, 0.4) is 0 Å². The Balaban J connectivity index is 2.56. The van der Waals surface area contributed by atoms with Crippen LogP contribution in [0.25, 0.3) is 0 Å². The molecule has 0 atom stereocenters. The van der Waals surface area contributed by atoms with Crippen molar-refractivity contribution in [3.63, 3.8) is 0 Å². The van der Waals surface area contributed by atoms with E-state index < -0.39 is 0 Å². The maximum atomic E-state index is 11.3. The molecule has 1 aliphatic rings. The van der Waals surface area contributed by atoms with Gasteiger partial charge in [-0.2, -0.15) is 0 Å². The fourth-order valence-electron chi connectivity index (χ4n) is 1.56. The predicted molar refractivity (Wildman–Crippen MR) is 45.8 cm³/mol. The summed E-state index contributed by atoms with van der Waals surface area (Å²) in [6, 6.07) is 0. The van der Waals surface area contributed by atoms with Gasteiger partial charge >= 0.3 is 0 Å². The Morgan fingerprint density at radius 3 is 3.08 bits per heavy atom. The molecular weight excluding hydrogens is 170 g/mol. The molecule has 5 nitrogen and oxygen atoms in total. The number of nitrogens with one attached hydrogen (secondary N) is 1. The zero-order valence-electron chi connectivity index (χ0n) is 7.63. The second kappa shape index (κ2) is 2.76. The van der Waals surface area contributed by atoms with Gasteiger partial charge in [0.1, 0.15) is 5.69 Å². The highest BCUT2D eigenvalue weighted by Gasteiger charge is 2.23. The molecule has 1 aromatic heterocycles. The maximum absolute atomic E-state index is 11.3. The lowest BCUT2D eigenvalue weighted by atomic mass is 10.4. The van der Waals surface area contributed by atoms with E-state index in [-0.39, 0.29) is 5.91 Å². The Bertz CT molecular complexity index is 357. The van der Waals surface area contributed by atoms with Crippen LogP contribution in [0.5, 0.6) is 5.88 Å². The highest BCUT2D eigenvalue weighted by molar-refractivity contribution is 5.91. The molecule has 1 aliphatic heterocycles. The molecule has 2 heterocycles. The van der Waals surface area contributed by atoms with E-state index in [4.69, 9.17) is 4.74 Å². The number of ether oxygens (including phenoxy) is 1. The minimum atomic E-state index is -0.127. The monoisotopic (exact) mass is 181 g/mol. The van der Waals surface area contributed by atoms with Crippen LogP contribution in [0, 0.1) is 6.92 Å². The van der Waals surface area contributed by atoms with Crippen molar-refractivity contribution in [2.45, 2.75) is 13.5 Å². The number of amides is 1. The van der Waals surface area contributed by atoms with Crippen molar-refractivity contribution in [2.24, 2.45) is 0 Å². The van der Waals surface area contributed by atoms with Crippen molar-refractivity contribution in [1.82, 2.24) is 14.9 Å². The topological polar surface area (TPSA) is 56.1 Å². The molecule has 1 N–H and O–H groups in total. The zero-order valence-corrected chi connectivity index (χ0v) is 7.63. The summed E-state index contributed by atoms with van der Waals surface area (Å²) >= 11 is 0. The number of carbonyl (C=O) groups excluding carboxylic acids is 1. The lowest BCUT2D eigenvalue weighted by Crippen LogP contribution is -2.35. The minimum absolute atomic E-state index is 0.127. The van der Waals surface area contributed by atoms with Crippen LogP contribution in [0.1, 0.15) is 16.3 Å². The Kier molecular flexibility index (Phi) is 1.72. The molecule has 1 amide bonds. The van der Waals surface area contributed by atoms with Crippen LogP contribution < -0.4 is 10.1 Å². The number of hydrogen-bond acceptors (Lipinski definition) is 3. The summed E-state index contributed by atoms with van der Waals surface area (Å²) in [4.78, 5) is 15.4. The van der Waals surface area contributed by atoms with Crippen LogP contribution >= 0.6 is 0 Å². The number of rotatable bonds is 1. The predicted octanol–water partition coefficient (Wildman–Crippen LogP) is -0.0565. The molecule has 5 heteroatoms. The Hall–Kier alpha value is -1.52. The summed E-state index contributed by atoms with van der Waals surface area (Å²) in [5.41, 5.74) is 0.759. The van der Waals surface area contributed by atoms with Crippen LogP contribution in [0.15, 0.2) is 0 Å². The average Bonchev–Trinajstić information content (AvgIpc) is 2.43. The van der Waals surface area contributed by atoms with Crippen LogP contribution in [0.4, 0.5) is 0 Å². The summed E-state index contributed by atoms with van der Waals surface area (Å²) in [7, 11) is 1.59. The lowest BCUT2D eigenvalue weighted by molar-refractivity contribution is 0.0919. The van der Waals surface area contributed by atoms with E-state index >= 15 is 0 Å². The molecule has 0 saturated carbocycles. The van der Waals surface area contributed by atoms with Crippen LogP contribution in [-0.4, -0.2) is 29.1 Å². The van der Waals surface area contributed by atoms with Crippen molar-refractivity contribution >= 4 is 5.91 Å². The fourth-order valence-corrected chi connectivity index (χ4v) is 1.56. The Morgan fingerprint density at radius 2 is 2.38 bits per heavy atom. The van der Waals surface area contributed by atoms with Gasteiger partial charge in [0.2, 0.25) is 11.7 Å². The van der Waals surface area contributed by atoms with E-state index in [0.29, 0.717) is 18.2 Å². The minimum Gasteiger partial charge on any atom is -0.481 e. The van der Waals surface area contributed by atoms with Gasteiger partial charge in [-0.25, -0.2) is 4.98 Å². The first-order valence-corrected chi connectivity index (χ1v) is 4.13. The van der Waals surface area contributed by atoms with Gasteiger partial charge in [0.05, 0.1) is 7.11 Å². The van der Waals surface area contributed by atoms with Crippen LogP contribution in [0.2, 0.25) is 0 Å². The molecule has 0 spiro atoms. The van der Waals surface area contributed by atoms with E-state index in [1.807, 2.05) is 6.92 Å². The molecule has 70 valence electrons. The van der Waals surface area contributed by atoms with Gasteiger partial charge in [-0.1, -0.05) is 0 Å². The second-order valence-electron chi connectivity index (χ2n) is 2.94. The number of nitrogens with zero attached hydrogens (tertiary/aromatic N) is 2. The van der Waals surface area contributed by atoms with Gasteiger partial charge in [0.15, 0.2) is 0 Å². The Labute approximate surface area is 75.7 Å². The number of imidazole rings is 1. The number of carbonyl (C=O) groups is 1. The third kappa shape index (κ3) is 1.07. The first-order valence-electron chi connectivity index (χ1n) is 4.13. The molecular formula is C8H11N3O2. The number of fused-ring (bicyclic) bond motifs is 1. The van der Waals surface area contributed by atoms with Crippen molar-refractivity contribution in [2.75, 3.05) is 13.7 Å². The first-order chi connectivity index (χ1) is 6.24. The first kappa shape index (κ1) is 8.10. The van der Waals surface area contributed by atoms with Crippen LogP contribution in [-0.2, 0) is 6.54 Å². The summed E-state index contributed by atoms with van der Waals surface area (Å²) < 4.78 is 6.95. The van der Waals surface area contributed by atoms with Crippen molar-refractivity contribution in [3.8, 4) is 5.88 Å². The molecule has 13 heavy (non-hydrogen) atoms. The smallest absolute Gasteiger partial charge is 0.287 e. The molecule has 0 aliphatic carbocycles. The van der Waals surface area contributed by atoms with Gasteiger partial charge in [0.25, 0.3) is 5.91 Å². The number of methoxy groups -OCH3 is 1. The number of aromatic nitrogens is 2. The van der Waals surface area contributed by atoms with Gasteiger partial charge in [-0.3, -0.25) is 9.36 Å². The summed E-state index contributed by atoms with van der Waals surface area (Å²) in [6.45, 7) is 3.19. The third-order valence-electron chi connectivity index (χ3n) is 2.10. The lowest BCUT2D eigenvalue weighted by Gasteiger charge is -2.15. The largest absolute Gasteiger partial charge is 0.481 e. The van der Waals surface area contributed by atoms with E-state index in [1.54, 1.807) is 11.7 Å². The summed E-state index contributed by atoms with van der Waals surface area (Å²) in [5, 5.41) is 2.73. The maximum Gasteiger partial charge on any atom is 0.287 e. The average molecular weight is 181 g/mol. The van der Waals surface area contributed by atoms with Crippen molar-refractivity contribution < 1.29 is 9.53 Å². The standard InChI is InChI=1S/C8H11N3O2/c1-5-8(13-2)11-4-3-9-7(12)6(11)10-5/h3-4H2,1-2H3,(H,9,12). The third-order valence-corrected chi connectivity index (χ3v) is 2.10. The molecule has 2 rings (SSSR count). The van der Waals surface area contributed by atoms with E-state index in [2.05, 4.69) is 10.3 Å². The molecule has 0 bridgehead atoms. The normalized spacial score (nSPS) is 15.1. The Morgan fingerprint density at radius 1 is 1.62 bits per heavy atom. The van der Waals surface area contributed by atoms with Crippen molar-refractivity contribution in [3.05, 3.63) is 11.5 Å². The number of hydrogen-bond donors (Lipinski definition) is 1. The molecule has 0 saturated heterocycles. The zero-order chi connectivity index (χ0) is 9.42. The van der Waals surface area contributed by atoms with E-state index in [1.165, 1.54) is 0 Å². The second-order valence-corrected chi connectivity index (χ2v) is 2.94. The van der Waals surface area contributed by atoms with Gasteiger partial charge in [0, 0.05) is 13.1 Å². The molecule has 0 unspecified atom stereocenters. The summed E-state index contributed by atoms with van der Waals surface area (Å²) in [6.07, 6.45) is 0. The number of aryl methyl sites for hydroxylation is 1. The van der Waals surface area contributed by atoms with Gasteiger partial charge in [-0.05, 0) is 6.92 Å². The van der Waals surface area contributed by atoms with E-state index in [0.717, 1.165) is 12.2 Å². The SMILES string of the molecule is COc1c(C)nc2n1CCNC2=O. The summed E-state index contributed by atoms with van der Waals surface area (Å²) in [5.74, 6) is 1.00. The highest BCUT2D eigenvalue weighted by atomic mass is 16.5. The molecule has 0 fully saturated rings.